The first-order valence-electron chi connectivity index (χ1n) is 11.0. The minimum atomic E-state index is -0.00150. The molecule has 0 fully saturated rings. The molecule has 0 aliphatic carbocycles. The highest BCUT2D eigenvalue weighted by Crippen LogP contribution is 2.32. The van der Waals surface area contributed by atoms with Gasteiger partial charge in [0.2, 0.25) is 5.95 Å². The summed E-state index contributed by atoms with van der Waals surface area (Å²) in [5, 5.41) is 0. The number of benzene rings is 2. The van der Waals surface area contributed by atoms with Crippen molar-refractivity contribution in [2.75, 3.05) is 17.7 Å². The number of hydrogen-bond donors (Lipinski definition) is 2. The van der Waals surface area contributed by atoms with Crippen LogP contribution in [0, 0.1) is 0 Å². The van der Waals surface area contributed by atoms with Crippen LogP contribution in [0.15, 0.2) is 73.1 Å². The van der Waals surface area contributed by atoms with E-state index in [0.29, 0.717) is 5.82 Å². The van der Waals surface area contributed by atoms with Gasteiger partial charge in [-0.3, -0.25) is 0 Å². The summed E-state index contributed by atoms with van der Waals surface area (Å²) in [4.78, 5) is 20.0. The second-order valence-corrected chi connectivity index (χ2v) is 8.31. The Bertz CT molecular complexity index is 1220. The normalized spacial score (nSPS) is 12.8. The Kier molecular flexibility index (Phi) is 6.60. The van der Waals surface area contributed by atoms with Gasteiger partial charge in [-0.25, -0.2) is 15.0 Å². The second kappa shape index (κ2) is 9.75. The van der Waals surface area contributed by atoms with Gasteiger partial charge in [0.15, 0.2) is 5.82 Å². The largest absolute Gasteiger partial charge is 0.368 e. The molecule has 4 N–H and O–H groups in total. The summed E-state index contributed by atoms with van der Waals surface area (Å²) in [6.45, 7) is 4.16. The smallest absolute Gasteiger partial charge is 0.221 e. The van der Waals surface area contributed by atoms with E-state index in [0.717, 1.165) is 34.7 Å². The van der Waals surface area contributed by atoms with Gasteiger partial charge in [-0.2, -0.15) is 4.98 Å². The summed E-state index contributed by atoms with van der Waals surface area (Å²) >= 11 is 0. The van der Waals surface area contributed by atoms with E-state index >= 15 is 0 Å². The third-order valence-electron chi connectivity index (χ3n) is 5.70. The first kappa shape index (κ1) is 22.4. The molecule has 7 heteroatoms. The molecule has 0 aliphatic heterocycles. The molecule has 0 unspecified atom stereocenters. The highest BCUT2D eigenvalue weighted by molar-refractivity contribution is 5.63. The van der Waals surface area contributed by atoms with E-state index in [-0.39, 0.29) is 17.9 Å². The van der Waals surface area contributed by atoms with Gasteiger partial charge in [0.1, 0.15) is 11.6 Å². The van der Waals surface area contributed by atoms with E-state index in [1.165, 1.54) is 5.56 Å². The van der Waals surface area contributed by atoms with E-state index in [4.69, 9.17) is 16.5 Å². The van der Waals surface area contributed by atoms with Crippen LogP contribution in [-0.4, -0.2) is 27.0 Å². The lowest BCUT2D eigenvalue weighted by atomic mass is 9.93. The van der Waals surface area contributed by atoms with Crippen molar-refractivity contribution < 1.29 is 0 Å². The fourth-order valence-electron chi connectivity index (χ4n) is 3.85. The number of nitrogens with zero attached hydrogens (tertiary/aromatic N) is 5. The summed E-state index contributed by atoms with van der Waals surface area (Å²) in [6.07, 6.45) is 4.40. The van der Waals surface area contributed by atoms with Gasteiger partial charge < -0.3 is 16.4 Å². The van der Waals surface area contributed by atoms with Crippen molar-refractivity contribution in [3.05, 3.63) is 89.7 Å². The fourth-order valence-corrected chi connectivity index (χ4v) is 3.85. The van der Waals surface area contributed by atoms with Crippen molar-refractivity contribution in [3.8, 4) is 11.4 Å². The molecule has 0 saturated heterocycles. The van der Waals surface area contributed by atoms with Crippen molar-refractivity contribution in [2.24, 2.45) is 5.73 Å². The maximum atomic E-state index is 6.07. The van der Waals surface area contributed by atoms with Gasteiger partial charge in [0.05, 0.1) is 0 Å². The third-order valence-corrected chi connectivity index (χ3v) is 5.70. The lowest BCUT2D eigenvalue weighted by molar-refractivity contribution is 0.741. The Balaban J connectivity index is 1.65. The number of rotatable bonds is 7. The predicted molar refractivity (Wildman–Crippen MR) is 133 cm³/mol. The van der Waals surface area contributed by atoms with Crippen LogP contribution in [0.5, 0.6) is 0 Å². The second-order valence-electron chi connectivity index (χ2n) is 8.31. The number of anilines is 3. The molecule has 0 aliphatic rings. The molecule has 4 aromatic rings. The summed E-state index contributed by atoms with van der Waals surface area (Å²) in [5.74, 6) is 2.50. The summed E-state index contributed by atoms with van der Waals surface area (Å²) < 4.78 is 0. The minimum Gasteiger partial charge on any atom is -0.368 e. The molecular formula is C26H29N7. The average molecular weight is 440 g/mol. The monoisotopic (exact) mass is 439 g/mol. The molecule has 33 heavy (non-hydrogen) atoms. The Morgan fingerprint density at radius 1 is 0.939 bits per heavy atom. The fraction of sp³-hybridized carbons (Fsp3) is 0.231. The zero-order valence-electron chi connectivity index (χ0n) is 19.2. The van der Waals surface area contributed by atoms with E-state index in [1.54, 1.807) is 6.20 Å². The van der Waals surface area contributed by atoms with E-state index in [2.05, 4.69) is 46.1 Å². The highest BCUT2D eigenvalue weighted by atomic mass is 15.2. The number of nitrogens with two attached hydrogens (primary N) is 2. The van der Waals surface area contributed by atoms with Crippen LogP contribution in [0.25, 0.3) is 11.4 Å². The average Bonchev–Trinajstić information content (AvgIpc) is 2.84. The molecular weight excluding hydrogens is 410 g/mol. The van der Waals surface area contributed by atoms with Crippen LogP contribution in [0.1, 0.15) is 42.5 Å². The summed E-state index contributed by atoms with van der Waals surface area (Å²) in [7, 11) is 1.94. The van der Waals surface area contributed by atoms with Crippen LogP contribution < -0.4 is 16.4 Å². The highest BCUT2D eigenvalue weighted by Gasteiger charge is 2.19. The van der Waals surface area contributed by atoms with E-state index < -0.39 is 0 Å². The number of nitrogen functional groups attached to an aromatic ring is 1. The van der Waals surface area contributed by atoms with Gasteiger partial charge in [-0.15, -0.1) is 0 Å². The molecule has 168 valence electrons. The molecule has 0 amide bonds. The molecule has 0 bridgehead atoms. The van der Waals surface area contributed by atoms with Crippen LogP contribution >= 0.6 is 0 Å². The molecule has 4 rings (SSSR count). The van der Waals surface area contributed by atoms with Crippen LogP contribution in [0.3, 0.4) is 0 Å². The molecule has 0 saturated carbocycles. The van der Waals surface area contributed by atoms with Crippen LogP contribution in [-0.2, 0) is 6.42 Å². The Hall–Kier alpha value is -3.84. The predicted octanol–water partition coefficient (Wildman–Crippen LogP) is 4.65. The summed E-state index contributed by atoms with van der Waals surface area (Å²) in [5.41, 5.74) is 16.3. The van der Waals surface area contributed by atoms with E-state index in [1.807, 2.05) is 61.5 Å². The molecule has 7 nitrogen and oxygen atoms in total. The molecule has 0 spiro atoms. The molecule has 2 aromatic carbocycles. The maximum absolute atomic E-state index is 6.07. The van der Waals surface area contributed by atoms with Crippen molar-refractivity contribution in [2.45, 2.75) is 32.2 Å². The Labute approximate surface area is 194 Å². The van der Waals surface area contributed by atoms with Gasteiger partial charge in [0.25, 0.3) is 0 Å². The van der Waals surface area contributed by atoms with Crippen molar-refractivity contribution >= 4 is 17.6 Å². The minimum absolute atomic E-state index is 0.00150. The van der Waals surface area contributed by atoms with Crippen molar-refractivity contribution in [1.29, 1.82) is 0 Å². The van der Waals surface area contributed by atoms with Crippen molar-refractivity contribution in [1.82, 2.24) is 19.9 Å². The zero-order valence-corrected chi connectivity index (χ0v) is 19.2. The quantitative estimate of drug-likeness (QED) is 0.431. The maximum Gasteiger partial charge on any atom is 0.221 e. The molecule has 2 heterocycles. The lowest BCUT2D eigenvalue weighted by Gasteiger charge is -2.23. The number of aromatic nitrogens is 4. The summed E-state index contributed by atoms with van der Waals surface area (Å²) in [6, 6.07) is 20.2. The van der Waals surface area contributed by atoms with Gasteiger partial charge in [0, 0.05) is 36.6 Å². The first-order chi connectivity index (χ1) is 15.9. The van der Waals surface area contributed by atoms with Gasteiger partial charge in [-0.1, -0.05) is 61.5 Å². The van der Waals surface area contributed by atoms with E-state index in [9.17, 15) is 0 Å². The standard InChI is InChI=1S/C26H29N7/c1-17(14-19-8-7-11-21(15-19)18(2)27)22-16-30-26(28)32-25(22)33(3)23-12-13-29-24(31-23)20-9-5-4-6-10-20/h4-13,15-18H,14,27H2,1-3H3,(H2,28,30,32)/t17-,18+/m0/s1. The third kappa shape index (κ3) is 5.15. The Morgan fingerprint density at radius 3 is 2.48 bits per heavy atom. The SMILES string of the molecule is C[C@@H](N)c1cccc(C[C@H](C)c2cnc(N)nc2N(C)c2ccnc(-c3ccccc3)n2)c1. The molecule has 2 atom stereocenters. The molecule has 2 aromatic heterocycles. The number of hydrogen-bond acceptors (Lipinski definition) is 7. The van der Waals surface area contributed by atoms with Gasteiger partial charge >= 0.3 is 0 Å². The van der Waals surface area contributed by atoms with Crippen LogP contribution in [0.2, 0.25) is 0 Å². The van der Waals surface area contributed by atoms with Crippen molar-refractivity contribution in [3.63, 3.8) is 0 Å². The zero-order chi connectivity index (χ0) is 23.4. The lowest BCUT2D eigenvalue weighted by Crippen LogP contribution is -2.18. The first-order valence-corrected chi connectivity index (χ1v) is 11.0. The van der Waals surface area contributed by atoms with Gasteiger partial charge in [-0.05, 0) is 36.5 Å². The molecule has 0 radical (unpaired) electrons. The Morgan fingerprint density at radius 2 is 1.73 bits per heavy atom. The van der Waals surface area contributed by atoms with Crippen LogP contribution in [0.4, 0.5) is 17.6 Å². The topological polar surface area (TPSA) is 107 Å².